The number of thiazole rings is 1. The second-order valence-corrected chi connectivity index (χ2v) is 7.97. The lowest BCUT2D eigenvalue weighted by Crippen LogP contribution is -2.39. The first-order chi connectivity index (χ1) is 12.1. The molecule has 2 heterocycles. The Morgan fingerprint density at radius 1 is 1.32 bits per heavy atom. The molecule has 0 radical (unpaired) electrons. The molecule has 2 aromatic rings. The Morgan fingerprint density at radius 2 is 2.12 bits per heavy atom. The van der Waals surface area contributed by atoms with Gasteiger partial charge in [-0.05, 0) is 39.7 Å². The van der Waals surface area contributed by atoms with Crippen molar-refractivity contribution in [3.05, 3.63) is 40.2 Å². The van der Waals surface area contributed by atoms with Crippen molar-refractivity contribution >= 4 is 17.2 Å². The lowest BCUT2D eigenvalue weighted by molar-refractivity contribution is 0.0953. The van der Waals surface area contributed by atoms with Crippen molar-refractivity contribution in [1.82, 2.24) is 15.2 Å². The van der Waals surface area contributed by atoms with E-state index in [0.29, 0.717) is 12.6 Å². The molecule has 5 heteroatoms. The van der Waals surface area contributed by atoms with Gasteiger partial charge in [0.25, 0.3) is 5.91 Å². The summed E-state index contributed by atoms with van der Waals surface area (Å²) in [6.07, 6.45) is 4.94. The van der Waals surface area contributed by atoms with E-state index in [1.165, 1.54) is 37.1 Å². The average Bonchev–Trinajstić information content (AvgIpc) is 3.03. The normalized spacial score (nSPS) is 18.2. The second-order valence-electron chi connectivity index (χ2n) is 6.77. The summed E-state index contributed by atoms with van der Waals surface area (Å²) in [6, 6.07) is 10.6. The number of carbonyl (C=O) groups is 1. The molecule has 0 unspecified atom stereocenters. The van der Waals surface area contributed by atoms with Crippen LogP contribution in [0.5, 0.6) is 0 Å². The number of carbonyl (C=O) groups excluding carboxylic acids is 1. The standard InChI is InChI=1S/C20H27N3OS/c1-15-9-6-7-13-23(15)14-8-12-21-20(24)19-18(22-16(2)25-19)17-10-4-3-5-11-17/h3-5,10-11,15H,6-9,12-14H2,1-2H3,(H,21,24)/t15-/m0/s1. The molecule has 1 aliphatic heterocycles. The highest BCUT2D eigenvalue weighted by atomic mass is 32.1. The van der Waals surface area contributed by atoms with Gasteiger partial charge in [-0.3, -0.25) is 4.79 Å². The molecule has 0 aliphatic carbocycles. The first-order valence-corrected chi connectivity index (χ1v) is 10.0. The molecule has 0 bridgehead atoms. The summed E-state index contributed by atoms with van der Waals surface area (Å²) in [7, 11) is 0. The monoisotopic (exact) mass is 357 g/mol. The van der Waals surface area contributed by atoms with Crippen LogP contribution in [0.4, 0.5) is 0 Å². The van der Waals surface area contributed by atoms with Crippen LogP contribution in [0.3, 0.4) is 0 Å². The zero-order valence-corrected chi connectivity index (χ0v) is 15.9. The Balaban J connectivity index is 1.55. The lowest BCUT2D eigenvalue weighted by Gasteiger charge is -2.33. The third-order valence-corrected chi connectivity index (χ3v) is 5.81. The number of likely N-dealkylation sites (tertiary alicyclic amines) is 1. The third-order valence-electron chi connectivity index (χ3n) is 4.84. The summed E-state index contributed by atoms with van der Waals surface area (Å²) in [5.74, 6) is -0.00357. The van der Waals surface area contributed by atoms with Crippen LogP contribution in [0, 0.1) is 6.92 Å². The largest absolute Gasteiger partial charge is 0.351 e. The Hall–Kier alpha value is -1.72. The minimum Gasteiger partial charge on any atom is -0.351 e. The van der Waals surface area contributed by atoms with Crippen molar-refractivity contribution < 1.29 is 4.79 Å². The zero-order chi connectivity index (χ0) is 17.6. The fraction of sp³-hybridized carbons (Fsp3) is 0.500. The number of amides is 1. The highest BCUT2D eigenvalue weighted by Crippen LogP contribution is 2.27. The van der Waals surface area contributed by atoms with Crippen molar-refractivity contribution in [2.45, 2.75) is 45.6 Å². The fourth-order valence-corrected chi connectivity index (χ4v) is 4.28. The number of nitrogens with one attached hydrogen (secondary N) is 1. The summed E-state index contributed by atoms with van der Waals surface area (Å²) >= 11 is 1.47. The van der Waals surface area contributed by atoms with Gasteiger partial charge in [-0.1, -0.05) is 36.8 Å². The van der Waals surface area contributed by atoms with Gasteiger partial charge < -0.3 is 10.2 Å². The molecular weight excluding hydrogens is 330 g/mol. The Bertz CT molecular complexity index is 698. The molecule has 25 heavy (non-hydrogen) atoms. The van der Waals surface area contributed by atoms with Gasteiger partial charge in [-0.25, -0.2) is 4.98 Å². The molecule has 1 aromatic carbocycles. The Morgan fingerprint density at radius 3 is 2.88 bits per heavy atom. The predicted molar refractivity (Wildman–Crippen MR) is 104 cm³/mol. The summed E-state index contributed by atoms with van der Waals surface area (Å²) in [5.41, 5.74) is 1.80. The molecule has 1 aromatic heterocycles. The second kappa shape index (κ2) is 8.59. The third kappa shape index (κ3) is 4.67. The van der Waals surface area contributed by atoms with E-state index in [-0.39, 0.29) is 5.91 Å². The van der Waals surface area contributed by atoms with Gasteiger partial charge in [0, 0.05) is 24.7 Å². The summed E-state index contributed by atoms with van der Waals surface area (Å²) in [4.78, 5) is 20.4. The average molecular weight is 358 g/mol. The van der Waals surface area contributed by atoms with E-state index in [2.05, 4.69) is 22.1 Å². The van der Waals surface area contributed by atoms with Gasteiger partial charge in [-0.2, -0.15) is 0 Å². The van der Waals surface area contributed by atoms with Crippen LogP contribution < -0.4 is 5.32 Å². The Kier molecular flexibility index (Phi) is 6.21. The topological polar surface area (TPSA) is 45.2 Å². The number of piperidine rings is 1. The van der Waals surface area contributed by atoms with E-state index in [0.717, 1.165) is 34.1 Å². The van der Waals surface area contributed by atoms with Gasteiger partial charge >= 0.3 is 0 Å². The number of nitrogens with zero attached hydrogens (tertiary/aromatic N) is 2. The zero-order valence-electron chi connectivity index (χ0n) is 15.1. The summed E-state index contributed by atoms with van der Waals surface area (Å²) in [5, 5.41) is 4.00. The minimum atomic E-state index is -0.00357. The van der Waals surface area contributed by atoms with E-state index in [1.807, 2.05) is 37.3 Å². The van der Waals surface area contributed by atoms with Gasteiger partial charge in [0.2, 0.25) is 0 Å². The van der Waals surface area contributed by atoms with E-state index < -0.39 is 0 Å². The molecular formula is C20H27N3OS. The highest BCUT2D eigenvalue weighted by molar-refractivity contribution is 7.14. The van der Waals surface area contributed by atoms with Crippen LogP contribution >= 0.6 is 11.3 Å². The first kappa shape index (κ1) is 18.1. The van der Waals surface area contributed by atoms with Gasteiger partial charge in [0.05, 0.1) is 10.7 Å². The van der Waals surface area contributed by atoms with Crippen LogP contribution in [-0.2, 0) is 0 Å². The summed E-state index contributed by atoms with van der Waals surface area (Å²) < 4.78 is 0. The minimum absolute atomic E-state index is 0.00357. The van der Waals surface area contributed by atoms with Crippen LogP contribution in [0.25, 0.3) is 11.3 Å². The van der Waals surface area contributed by atoms with Crippen molar-refractivity contribution in [1.29, 1.82) is 0 Å². The van der Waals surface area contributed by atoms with Crippen LogP contribution in [0.2, 0.25) is 0 Å². The van der Waals surface area contributed by atoms with Gasteiger partial charge in [-0.15, -0.1) is 11.3 Å². The number of benzene rings is 1. The quantitative estimate of drug-likeness (QED) is 0.791. The molecule has 1 N–H and O–H groups in total. The first-order valence-electron chi connectivity index (χ1n) is 9.20. The van der Waals surface area contributed by atoms with Gasteiger partial charge in [0.1, 0.15) is 4.88 Å². The predicted octanol–water partition coefficient (Wildman–Crippen LogP) is 4.11. The number of hydrogen-bond donors (Lipinski definition) is 1. The Labute approximate surface area is 154 Å². The molecule has 4 nitrogen and oxygen atoms in total. The maximum absolute atomic E-state index is 12.6. The van der Waals surface area contributed by atoms with Gasteiger partial charge in [0.15, 0.2) is 0 Å². The number of aromatic nitrogens is 1. The molecule has 1 aliphatic rings. The molecule has 0 spiro atoms. The molecule has 0 saturated carbocycles. The van der Waals surface area contributed by atoms with Crippen molar-refractivity contribution in [3.8, 4) is 11.3 Å². The van der Waals surface area contributed by atoms with E-state index in [1.54, 1.807) is 0 Å². The number of hydrogen-bond acceptors (Lipinski definition) is 4. The maximum Gasteiger partial charge on any atom is 0.263 e. The number of rotatable bonds is 6. The molecule has 1 amide bonds. The number of aryl methyl sites for hydroxylation is 1. The summed E-state index contributed by atoms with van der Waals surface area (Å²) in [6.45, 7) is 7.23. The molecule has 1 saturated heterocycles. The maximum atomic E-state index is 12.6. The lowest BCUT2D eigenvalue weighted by atomic mass is 10.0. The molecule has 3 rings (SSSR count). The SMILES string of the molecule is Cc1nc(-c2ccccc2)c(C(=O)NCCCN2CCCC[C@@H]2C)s1. The van der Waals surface area contributed by atoms with Crippen LogP contribution in [0.1, 0.15) is 47.3 Å². The molecule has 1 fully saturated rings. The van der Waals surface area contributed by atoms with Crippen molar-refractivity contribution in [3.63, 3.8) is 0 Å². The van der Waals surface area contributed by atoms with E-state index in [4.69, 9.17) is 0 Å². The smallest absolute Gasteiger partial charge is 0.263 e. The molecule has 1 atom stereocenters. The molecule has 134 valence electrons. The van der Waals surface area contributed by atoms with Crippen LogP contribution in [-0.4, -0.2) is 41.5 Å². The fourth-order valence-electron chi connectivity index (χ4n) is 3.43. The van der Waals surface area contributed by atoms with Crippen LogP contribution in [0.15, 0.2) is 30.3 Å². The van der Waals surface area contributed by atoms with E-state index >= 15 is 0 Å². The van der Waals surface area contributed by atoms with Crippen molar-refractivity contribution in [2.24, 2.45) is 0 Å². The van der Waals surface area contributed by atoms with E-state index in [9.17, 15) is 4.79 Å². The van der Waals surface area contributed by atoms with Crippen molar-refractivity contribution in [2.75, 3.05) is 19.6 Å². The highest BCUT2D eigenvalue weighted by Gasteiger charge is 2.19.